The summed E-state index contributed by atoms with van der Waals surface area (Å²) >= 11 is 0. The van der Waals surface area contributed by atoms with E-state index in [1.54, 1.807) is 30.3 Å². The maximum Gasteiger partial charge on any atom is 0.416 e. The van der Waals surface area contributed by atoms with Gasteiger partial charge < -0.3 is 10.1 Å². The van der Waals surface area contributed by atoms with Gasteiger partial charge in [-0.3, -0.25) is 9.59 Å². The third-order valence-corrected chi connectivity index (χ3v) is 3.26. The molecule has 2 aromatic rings. The molecule has 0 spiro atoms. The molecular formula is C19H16F3N3O3. The van der Waals surface area contributed by atoms with E-state index in [4.69, 9.17) is 4.74 Å². The summed E-state index contributed by atoms with van der Waals surface area (Å²) in [5, 5.41) is 5.72. The Hall–Kier alpha value is -3.62. The molecule has 2 aromatic carbocycles. The summed E-state index contributed by atoms with van der Waals surface area (Å²) in [6.45, 7) is 3.86. The van der Waals surface area contributed by atoms with Crippen LogP contribution in [-0.2, 0) is 15.8 Å². The first-order valence-electron chi connectivity index (χ1n) is 7.95. The Labute approximate surface area is 158 Å². The molecule has 0 atom stereocenters. The summed E-state index contributed by atoms with van der Waals surface area (Å²) in [5.41, 5.74) is 1.49. The standard InChI is InChI=1S/C19H16F3N3O3/c1-2-9-28-16-8-3-5-13(10-16)12-23-25-18(27)17(26)24-15-7-4-6-14(11-15)19(20,21)22/h2-8,10-12H,1,9H2,(H,24,26)(H,25,27)/b23-12-. The maximum atomic E-state index is 12.7. The molecule has 0 unspecified atom stereocenters. The normalized spacial score (nSPS) is 11.1. The van der Waals surface area contributed by atoms with Crippen molar-refractivity contribution in [2.45, 2.75) is 6.18 Å². The molecule has 9 heteroatoms. The van der Waals surface area contributed by atoms with Crippen molar-refractivity contribution in [3.05, 3.63) is 72.3 Å². The molecule has 0 fully saturated rings. The van der Waals surface area contributed by atoms with Crippen molar-refractivity contribution in [2.24, 2.45) is 5.10 Å². The van der Waals surface area contributed by atoms with Gasteiger partial charge in [-0.1, -0.05) is 30.9 Å². The van der Waals surface area contributed by atoms with Gasteiger partial charge in [0, 0.05) is 5.69 Å². The summed E-state index contributed by atoms with van der Waals surface area (Å²) in [6.07, 6.45) is -1.68. The monoisotopic (exact) mass is 391 g/mol. The molecule has 146 valence electrons. The number of nitrogens with zero attached hydrogens (tertiary/aromatic N) is 1. The number of carbonyl (C=O) groups excluding carboxylic acids is 2. The molecule has 0 bridgehead atoms. The van der Waals surface area contributed by atoms with E-state index in [9.17, 15) is 22.8 Å². The van der Waals surface area contributed by atoms with Crippen molar-refractivity contribution >= 4 is 23.7 Å². The number of hydrogen-bond donors (Lipinski definition) is 2. The summed E-state index contributed by atoms with van der Waals surface area (Å²) in [4.78, 5) is 23.5. The minimum absolute atomic E-state index is 0.161. The van der Waals surface area contributed by atoms with Crippen molar-refractivity contribution in [3.63, 3.8) is 0 Å². The van der Waals surface area contributed by atoms with Crippen LogP contribution in [0.1, 0.15) is 11.1 Å². The molecular weight excluding hydrogens is 375 g/mol. The van der Waals surface area contributed by atoms with E-state index in [1.807, 2.05) is 5.43 Å². The third-order valence-electron chi connectivity index (χ3n) is 3.26. The van der Waals surface area contributed by atoms with Gasteiger partial charge in [0.2, 0.25) is 0 Å². The van der Waals surface area contributed by atoms with Crippen LogP contribution in [0.3, 0.4) is 0 Å². The molecule has 0 heterocycles. The van der Waals surface area contributed by atoms with Gasteiger partial charge in [0.1, 0.15) is 12.4 Å². The van der Waals surface area contributed by atoms with E-state index in [1.165, 1.54) is 12.3 Å². The predicted molar refractivity (Wildman–Crippen MR) is 97.9 cm³/mol. The first kappa shape index (κ1) is 20.7. The SMILES string of the molecule is C=CCOc1cccc(/C=N\NC(=O)C(=O)Nc2cccc(C(F)(F)F)c2)c1. The minimum atomic E-state index is -4.56. The third kappa shape index (κ3) is 6.27. The van der Waals surface area contributed by atoms with Crippen molar-refractivity contribution in [2.75, 3.05) is 11.9 Å². The fourth-order valence-electron chi connectivity index (χ4n) is 2.02. The highest BCUT2D eigenvalue weighted by Crippen LogP contribution is 2.30. The molecule has 0 saturated heterocycles. The Bertz CT molecular complexity index is 895. The predicted octanol–water partition coefficient (Wildman–Crippen LogP) is 3.36. The van der Waals surface area contributed by atoms with Crippen molar-refractivity contribution in [1.29, 1.82) is 0 Å². The molecule has 0 aliphatic heterocycles. The van der Waals surface area contributed by atoms with Crippen molar-refractivity contribution < 1.29 is 27.5 Å². The molecule has 0 aromatic heterocycles. The van der Waals surface area contributed by atoms with Gasteiger partial charge in [-0.15, -0.1) is 0 Å². The van der Waals surface area contributed by atoms with Crippen LogP contribution < -0.4 is 15.5 Å². The number of halogens is 3. The Morgan fingerprint density at radius 1 is 1.11 bits per heavy atom. The lowest BCUT2D eigenvalue weighted by Gasteiger charge is -2.09. The van der Waals surface area contributed by atoms with Crippen LogP contribution in [0.25, 0.3) is 0 Å². The van der Waals surface area contributed by atoms with Gasteiger partial charge in [0.15, 0.2) is 0 Å². The van der Waals surface area contributed by atoms with Gasteiger partial charge in [-0.05, 0) is 35.9 Å². The number of ether oxygens (including phenoxy) is 1. The first-order valence-corrected chi connectivity index (χ1v) is 7.95. The lowest BCUT2D eigenvalue weighted by Crippen LogP contribution is -2.32. The fourth-order valence-corrected chi connectivity index (χ4v) is 2.02. The molecule has 2 N–H and O–H groups in total. The van der Waals surface area contributed by atoms with Crippen LogP contribution >= 0.6 is 0 Å². The van der Waals surface area contributed by atoms with E-state index in [-0.39, 0.29) is 5.69 Å². The molecule has 0 saturated carbocycles. The number of amides is 2. The van der Waals surface area contributed by atoms with E-state index in [0.29, 0.717) is 17.9 Å². The second-order valence-corrected chi connectivity index (χ2v) is 5.40. The van der Waals surface area contributed by atoms with E-state index >= 15 is 0 Å². The van der Waals surface area contributed by atoms with Gasteiger partial charge in [0.05, 0.1) is 11.8 Å². The number of hydrazone groups is 1. The van der Waals surface area contributed by atoms with Crippen molar-refractivity contribution in [1.82, 2.24) is 5.43 Å². The quantitative estimate of drug-likeness (QED) is 0.343. The topological polar surface area (TPSA) is 79.8 Å². The van der Waals surface area contributed by atoms with Gasteiger partial charge in [-0.2, -0.15) is 18.3 Å². The largest absolute Gasteiger partial charge is 0.490 e. The molecule has 0 aliphatic carbocycles. The first-order chi connectivity index (χ1) is 13.3. The lowest BCUT2D eigenvalue weighted by molar-refractivity contribution is -0.137. The Morgan fingerprint density at radius 3 is 2.57 bits per heavy atom. The summed E-state index contributed by atoms with van der Waals surface area (Å²) in [6, 6.07) is 10.7. The zero-order valence-corrected chi connectivity index (χ0v) is 14.5. The van der Waals surface area contributed by atoms with Gasteiger partial charge in [-0.25, -0.2) is 5.43 Å². The number of anilines is 1. The number of benzene rings is 2. The number of hydrogen-bond acceptors (Lipinski definition) is 4. The highest BCUT2D eigenvalue weighted by molar-refractivity contribution is 6.39. The van der Waals surface area contributed by atoms with Crippen LogP contribution in [0.5, 0.6) is 5.75 Å². The summed E-state index contributed by atoms with van der Waals surface area (Å²) in [7, 11) is 0. The van der Waals surface area contributed by atoms with E-state index in [2.05, 4.69) is 17.0 Å². The van der Waals surface area contributed by atoms with Crippen LogP contribution in [0.4, 0.5) is 18.9 Å². The molecule has 6 nitrogen and oxygen atoms in total. The maximum absolute atomic E-state index is 12.7. The Balaban J connectivity index is 1.93. The fraction of sp³-hybridized carbons (Fsp3) is 0.105. The molecule has 0 radical (unpaired) electrons. The second-order valence-electron chi connectivity index (χ2n) is 5.40. The van der Waals surface area contributed by atoms with E-state index in [0.717, 1.165) is 18.2 Å². The number of alkyl halides is 3. The van der Waals surface area contributed by atoms with Gasteiger partial charge >= 0.3 is 18.0 Å². The average Bonchev–Trinajstić information content (AvgIpc) is 2.66. The number of carbonyl (C=O) groups is 2. The zero-order valence-electron chi connectivity index (χ0n) is 14.5. The number of rotatable bonds is 6. The molecule has 28 heavy (non-hydrogen) atoms. The Kier molecular flexibility index (Phi) is 6.91. The summed E-state index contributed by atoms with van der Waals surface area (Å²) < 4.78 is 43.3. The van der Waals surface area contributed by atoms with Crippen LogP contribution in [-0.4, -0.2) is 24.6 Å². The van der Waals surface area contributed by atoms with Gasteiger partial charge in [0.25, 0.3) is 0 Å². The highest BCUT2D eigenvalue weighted by atomic mass is 19.4. The smallest absolute Gasteiger partial charge is 0.416 e. The van der Waals surface area contributed by atoms with Crippen LogP contribution in [0.15, 0.2) is 66.3 Å². The van der Waals surface area contributed by atoms with Crippen molar-refractivity contribution in [3.8, 4) is 5.75 Å². The molecule has 2 amide bonds. The minimum Gasteiger partial charge on any atom is -0.490 e. The summed E-state index contributed by atoms with van der Waals surface area (Å²) in [5.74, 6) is -1.72. The van der Waals surface area contributed by atoms with Crippen LogP contribution in [0.2, 0.25) is 0 Å². The number of nitrogens with one attached hydrogen (secondary N) is 2. The lowest BCUT2D eigenvalue weighted by atomic mass is 10.2. The average molecular weight is 391 g/mol. The van der Waals surface area contributed by atoms with E-state index < -0.39 is 23.6 Å². The zero-order chi connectivity index (χ0) is 20.6. The van der Waals surface area contributed by atoms with Crippen LogP contribution in [0, 0.1) is 0 Å². The highest BCUT2D eigenvalue weighted by Gasteiger charge is 2.30. The molecule has 0 aliphatic rings. The Morgan fingerprint density at radius 2 is 1.86 bits per heavy atom. The molecule has 2 rings (SSSR count). The second kappa shape index (κ2) is 9.36.